The van der Waals surface area contributed by atoms with Gasteiger partial charge in [0.05, 0.1) is 0 Å². The van der Waals surface area contributed by atoms with Gasteiger partial charge in [-0.15, -0.1) is 12.4 Å². The van der Waals surface area contributed by atoms with Crippen LogP contribution in [0.25, 0.3) is 0 Å². The number of nitrogens with one attached hydrogen (secondary N) is 1. The van der Waals surface area contributed by atoms with E-state index in [-0.39, 0.29) is 18.3 Å². The Morgan fingerprint density at radius 3 is 2.90 bits per heavy atom. The Kier molecular flexibility index (Phi) is 4.71. The lowest BCUT2D eigenvalue weighted by Gasteiger charge is -2.35. The first-order chi connectivity index (χ1) is 9.15. The van der Waals surface area contributed by atoms with E-state index in [9.17, 15) is 4.79 Å². The molecule has 0 aliphatic carbocycles. The minimum Gasteiger partial charge on any atom is -0.338 e. The van der Waals surface area contributed by atoms with E-state index in [1.807, 2.05) is 26.0 Å². The van der Waals surface area contributed by atoms with Gasteiger partial charge in [-0.3, -0.25) is 4.79 Å². The summed E-state index contributed by atoms with van der Waals surface area (Å²) in [6.07, 6.45) is 2.31. The summed E-state index contributed by atoms with van der Waals surface area (Å²) in [6, 6.07) is 6.78. The van der Waals surface area contributed by atoms with Gasteiger partial charge in [-0.05, 0) is 50.8 Å². The fourth-order valence-electron chi connectivity index (χ4n) is 3.37. The van der Waals surface area contributed by atoms with Crippen molar-refractivity contribution in [2.24, 2.45) is 5.92 Å². The van der Waals surface area contributed by atoms with E-state index in [0.717, 1.165) is 42.7 Å². The number of carbonyl (C=O) groups is 1. The first-order valence-electron chi connectivity index (χ1n) is 7.25. The number of likely N-dealkylation sites (tertiary alicyclic amines) is 1. The number of piperidine rings is 1. The smallest absolute Gasteiger partial charge is 0.254 e. The van der Waals surface area contributed by atoms with Crippen LogP contribution in [-0.2, 0) is 0 Å². The molecule has 0 aromatic heterocycles. The summed E-state index contributed by atoms with van der Waals surface area (Å²) in [6.45, 7) is 6.99. The Morgan fingerprint density at radius 1 is 1.30 bits per heavy atom. The highest BCUT2D eigenvalue weighted by Gasteiger charge is 2.34. The van der Waals surface area contributed by atoms with Gasteiger partial charge in [0.25, 0.3) is 5.91 Å². The van der Waals surface area contributed by atoms with E-state index in [2.05, 4.69) is 16.3 Å². The van der Waals surface area contributed by atoms with Crippen LogP contribution < -0.4 is 5.32 Å². The molecule has 0 radical (unpaired) electrons. The van der Waals surface area contributed by atoms with Crippen molar-refractivity contribution in [1.82, 2.24) is 10.2 Å². The van der Waals surface area contributed by atoms with Crippen LogP contribution >= 0.6 is 12.4 Å². The largest absolute Gasteiger partial charge is 0.338 e. The molecule has 3 nitrogen and oxygen atoms in total. The van der Waals surface area contributed by atoms with Crippen LogP contribution in [0.3, 0.4) is 0 Å². The predicted molar refractivity (Wildman–Crippen MR) is 83.6 cm³/mol. The van der Waals surface area contributed by atoms with E-state index in [0.29, 0.717) is 12.0 Å². The van der Waals surface area contributed by atoms with Crippen LogP contribution in [0.4, 0.5) is 0 Å². The lowest BCUT2D eigenvalue weighted by atomic mass is 9.92. The number of benzene rings is 1. The maximum absolute atomic E-state index is 12.7. The van der Waals surface area contributed by atoms with Crippen molar-refractivity contribution in [3.8, 4) is 0 Å². The molecule has 2 aliphatic rings. The molecule has 4 heteroatoms. The molecule has 2 aliphatic heterocycles. The van der Waals surface area contributed by atoms with Crippen LogP contribution in [-0.4, -0.2) is 36.5 Å². The maximum atomic E-state index is 12.7. The van der Waals surface area contributed by atoms with E-state index < -0.39 is 0 Å². The van der Waals surface area contributed by atoms with Gasteiger partial charge >= 0.3 is 0 Å². The van der Waals surface area contributed by atoms with Crippen LogP contribution in [0.2, 0.25) is 0 Å². The molecule has 2 saturated heterocycles. The van der Waals surface area contributed by atoms with Crippen molar-refractivity contribution < 1.29 is 4.79 Å². The third-order valence-electron chi connectivity index (χ3n) is 4.57. The molecule has 3 rings (SSSR count). The van der Waals surface area contributed by atoms with Gasteiger partial charge < -0.3 is 10.2 Å². The van der Waals surface area contributed by atoms with Crippen molar-refractivity contribution in [3.05, 3.63) is 34.9 Å². The number of rotatable bonds is 1. The van der Waals surface area contributed by atoms with Gasteiger partial charge in [0.2, 0.25) is 0 Å². The molecular weight excluding hydrogens is 272 g/mol. The molecule has 1 aromatic carbocycles. The molecule has 2 heterocycles. The highest BCUT2D eigenvalue weighted by molar-refractivity contribution is 5.96. The normalized spacial score (nSPS) is 25.0. The molecule has 1 N–H and O–H groups in total. The van der Waals surface area contributed by atoms with E-state index in [4.69, 9.17) is 0 Å². The lowest BCUT2D eigenvalue weighted by Crippen LogP contribution is -2.47. The molecule has 110 valence electrons. The molecule has 2 atom stereocenters. The highest BCUT2D eigenvalue weighted by atomic mass is 35.5. The van der Waals surface area contributed by atoms with Crippen molar-refractivity contribution in [2.75, 3.05) is 19.6 Å². The van der Waals surface area contributed by atoms with Gasteiger partial charge in [-0.2, -0.15) is 0 Å². The average molecular weight is 295 g/mol. The summed E-state index contributed by atoms with van der Waals surface area (Å²) in [5.41, 5.74) is 3.12. The zero-order chi connectivity index (χ0) is 13.4. The number of hydrogen-bond acceptors (Lipinski definition) is 2. The topological polar surface area (TPSA) is 32.3 Å². The van der Waals surface area contributed by atoms with Crippen molar-refractivity contribution in [2.45, 2.75) is 32.7 Å². The highest BCUT2D eigenvalue weighted by Crippen LogP contribution is 2.26. The van der Waals surface area contributed by atoms with Crippen molar-refractivity contribution >= 4 is 18.3 Å². The average Bonchev–Trinajstić information content (AvgIpc) is 2.88. The Labute approximate surface area is 127 Å². The Hall–Kier alpha value is -1.06. The molecule has 20 heavy (non-hydrogen) atoms. The molecule has 1 amide bonds. The number of amides is 1. The molecule has 1 aromatic rings. The summed E-state index contributed by atoms with van der Waals surface area (Å²) < 4.78 is 0. The maximum Gasteiger partial charge on any atom is 0.254 e. The van der Waals surface area contributed by atoms with Gasteiger partial charge in [0, 0.05) is 24.7 Å². The fraction of sp³-hybridized carbons (Fsp3) is 0.562. The van der Waals surface area contributed by atoms with Gasteiger partial charge in [-0.25, -0.2) is 0 Å². The Balaban J connectivity index is 0.00000147. The number of fused-ring (bicyclic) bond motifs is 1. The van der Waals surface area contributed by atoms with E-state index in [1.54, 1.807) is 0 Å². The number of hydrogen-bond donors (Lipinski definition) is 1. The summed E-state index contributed by atoms with van der Waals surface area (Å²) in [7, 11) is 0. The molecule has 2 fully saturated rings. The first-order valence-corrected chi connectivity index (χ1v) is 7.25. The van der Waals surface area contributed by atoms with Crippen molar-refractivity contribution in [3.63, 3.8) is 0 Å². The van der Waals surface area contributed by atoms with Gasteiger partial charge in [-0.1, -0.05) is 17.7 Å². The molecular formula is C16H23ClN2O. The molecule has 2 unspecified atom stereocenters. The Bertz CT molecular complexity index is 503. The summed E-state index contributed by atoms with van der Waals surface area (Å²) in [4.78, 5) is 14.7. The van der Waals surface area contributed by atoms with E-state index >= 15 is 0 Å². The van der Waals surface area contributed by atoms with Gasteiger partial charge in [0.1, 0.15) is 0 Å². The van der Waals surface area contributed by atoms with Crippen LogP contribution in [0.15, 0.2) is 18.2 Å². The monoisotopic (exact) mass is 294 g/mol. The number of carbonyl (C=O) groups excluding carboxylic acids is 1. The summed E-state index contributed by atoms with van der Waals surface area (Å²) >= 11 is 0. The van der Waals surface area contributed by atoms with Gasteiger partial charge in [0.15, 0.2) is 0 Å². The van der Waals surface area contributed by atoms with Crippen LogP contribution in [0.1, 0.15) is 34.3 Å². The summed E-state index contributed by atoms with van der Waals surface area (Å²) in [5, 5.41) is 3.54. The SMILES string of the molecule is Cc1ccc(C)c(C(=O)N2CCC3NCCC3C2)c1.Cl. The Morgan fingerprint density at radius 2 is 2.10 bits per heavy atom. The zero-order valence-electron chi connectivity index (χ0n) is 12.2. The molecule has 0 bridgehead atoms. The molecule has 0 saturated carbocycles. The second kappa shape index (κ2) is 6.15. The lowest BCUT2D eigenvalue weighted by molar-refractivity contribution is 0.0661. The number of nitrogens with zero attached hydrogens (tertiary/aromatic N) is 1. The van der Waals surface area contributed by atoms with Crippen LogP contribution in [0.5, 0.6) is 0 Å². The second-order valence-electron chi connectivity index (χ2n) is 5.97. The minimum absolute atomic E-state index is 0. The van der Waals surface area contributed by atoms with Crippen LogP contribution in [0, 0.1) is 19.8 Å². The number of halogens is 1. The first kappa shape index (κ1) is 15.3. The molecule has 0 spiro atoms. The minimum atomic E-state index is 0. The predicted octanol–water partition coefficient (Wildman–Crippen LogP) is 2.55. The third-order valence-corrected chi connectivity index (χ3v) is 4.57. The second-order valence-corrected chi connectivity index (χ2v) is 5.97. The fourth-order valence-corrected chi connectivity index (χ4v) is 3.37. The zero-order valence-corrected chi connectivity index (χ0v) is 13.0. The number of aryl methyl sites for hydroxylation is 2. The summed E-state index contributed by atoms with van der Waals surface area (Å²) in [5.74, 6) is 0.870. The van der Waals surface area contributed by atoms with E-state index in [1.165, 1.54) is 6.42 Å². The van der Waals surface area contributed by atoms with Crippen molar-refractivity contribution in [1.29, 1.82) is 0 Å². The quantitative estimate of drug-likeness (QED) is 0.863. The third kappa shape index (κ3) is 2.84. The standard InChI is InChI=1S/C16H22N2O.ClH/c1-11-3-4-12(2)14(9-11)16(19)18-8-6-15-13(10-18)5-7-17-15;/h3-4,9,13,15,17H,5-8,10H2,1-2H3;1H.